The van der Waals surface area contributed by atoms with E-state index in [9.17, 15) is 4.79 Å². The second-order valence-corrected chi connectivity index (χ2v) is 7.23. The summed E-state index contributed by atoms with van der Waals surface area (Å²) in [5.41, 5.74) is 0. The Kier molecular flexibility index (Phi) is 9.14. The van der Waals surface area contributed by atoms with Crippen molar-refractivity contribution >= 4 is 11.9 Å². The molecule has 0 aromatic rings. The first-order valence-corrected chi connectivity index (χ1v) is 9.64. The normalized spacial score (nSPS) is 19.9. The van der Waals surface area contributed by atoms with E-state index in [1.54, 1.807) is 26.1 Å². The van der Waals surface area contributed by atoms with E-state index >= 15 is 0 Å². The third kappa shape index (κ3) is 7.88. The monoisotopic (exact) mass is 369 g/mol. The topological polar surface area (TPSA) is 78.4 Å². The Hall–Kier alpha value is -1.38. The summed E-state index contributed by atoms with van der Waals surface area (Å²) in [6.45, 7) is 6.34. The molecule has 1 saturated carbocycles. The smallest absolute Gasteiger partial charge is 0.243 e. The number of carbonyl (C=O) groups is 1. The summed E-state index contributed by atoms with van der Waals surface area (Å²) in [5, 5.41) is 6.84. The number of rotatable bonds is 10. The molecule has 1 aliphatic heterocycles. The fourth-order valence-electron chi connectivity index (χ4n) is 2.92. The van der Waals surface area contributed by atoms with Gasteiger partial charge in [0.1, 0.15) is 6.54 Å². The molecule has 1 unspecified atom stereocenters. The maximum Gasteiger partial charge on any atom is 0.243 e. The molecule has 1 aliphatic carbocycles. The summed E-state index contributed by atoms with van der Waals surface area (Å²) in [5.74, 6) is 1.34. The van der Waals surface area contributed by atoms with Crippen molar-refractivity contribution < 1.29 is 14.3 Å². The fraction of sp³-hybridized carbons (Fsp3) is 0.889. The van der Waals surface area contributed by atoms with Gasteiger partial charge in [0.25, 0.3) is 0 Å². The van der Waals surface area contributed by atoms with Crippen LogP contribution in [-0.2, 0) is 14.3 Å². The minimum atomic E-state index is -0.00544. The SMILES string of the molecule is COCC(NC(=NCC(=O)N(C)C)NCCCN1CCOCC1)C1CC1. The molecule has 8 nitrogen and oxygen atoms in total. The van der Waals surface area contributed by atoms with Crippen LogP contribution in [0.2, 0.25) is 0 Å². The minimum absolute atomic E-state index is 0.00544. The molecule has 8 heteroatoms. The van der Waals surface area contributed by atoms with Gasteiger partial charge in [-0.25, -0.2) is 4.99 Å². The third-order valence-electron chi connectivity index (χ3n) is 4.78. The third-order valence-corrected chi connectivity index (χ3v) is 4.78. The van der Waals surface area contributed by atoms with E-state index in [4.69, 9.17) is 9.47 Å². The molecule has 2 rings (SSSR count). The lowest BCUT2D eigenvalue weighted by Gasteiger charge is -2.26. The van der Waals surface area contributed by atoms with E-state index in [0.29, 0.717) is 18.5 Å². The Labute approximate surface area is 157 Å². The van der Waals surface area contributed by atoms with Crippen LogP contribution in [0.25, 0.3) is 0 Å². The average molecular weight is 370 g/mol. The number of nitrogens with zero attached hydrogens (tertiary/aromatic N) is 3. The van der Waals surface area contributed by atoms with Crippen LogP contribution < -0.4 is 10.6 Å². The van der Waals surface area contributed by atoms with Crippen LogP contribution in [0, 0.1) is 5.92 Å². The van der Waals surface area contributed by atoms with Gasteiger partial charge in [0, 0.05) is 40.8 Å². The van der Waals surface area contributed by atoms with Crippen LogP contribution in [0.1, 0.15) is 19.3 Å². The van der Waals surface area contributed by atoms with Gasteiger partial charge in [-0.2, -0.15) is 0 Å². The van der Waals surface area contributed by atoms with Crippen LogP contribution in [0.4, 0.5) is 0 Å². The maximum atomic E-state index is 11.9. The van der Waals surface area contributed by atoms with Crippen molar-refractivity contribution in [1.29, 1.82) is 0 Å². The highest BCUT2D eigenvalue weighted by Crippen LogP contribution is 2.32. The van der Waals surface area contributed by atoms with Crippen LogP contribution in [0.15, 0.2) is 4.99 Å². The molecule has 0 aromatic heterocycles. The Balaban J connectivity index is 1.80. The van der Waals surface area contributed by atoms with Crippen molar-refractivity contribution in [2.24, 2.45) is 10.9 Å². The highest BCUT2D eigenvalue weighted by atomic mass is 16.5. The van der Waals surface area contributed by atoms with Gasteiger partial charge in [-0.3, -0.25) is 9.69 Å². The van der Waals surface area contributed by atoms with E-state index in [1.165, 1.54) is 12.8 Å². The standard InChI is InChI=1S/C18H35N5O3/c1-22(2)17(24)13-20-18(21-16(14-25-3)15-5-6-15)19-7-4-8-23-9-11-26-12-10-23/h15-16H,4-14H2,1-3H3,(H2,19,20,21). The van der Waals surface area contributed by atoms with Crippen LogP contribution in [0.3, 0.4) is 0 Å². The summed E-state index contributed by atoms with van der Waals surface area (Å²) in [6.07, 6.45) is 3.48. The van der Waals surface area contributed by atoms with Crippen LogP contribution in [-0.4, -0.2) is 101 Å². The molecular formula is C18H35N5O3. The Morgan fingerprint density at radius 1 is 1.35 bits per heavy atom. The second kappa shape index (κ2) is 11.4. The summed E-state index contributed by atoms with van der Waals surface area (Å²) in [4.78, 5) is 20.3. The Morgan fingerprint density at radius 3 is 2.69 bits per heavy atom. The fourth-order valence-corrected chi connectivity index (χ4v) is 2.92. The number of methoxy groups -OCH3 is 1. The zero-order valence-corrected chi connectivity index (χ0v) is 16.5. The molecule has 1 saturated heterocycles. The molecule has 0 spiro atoms. The molecule has 2 fully saturated rings. The van der Waals surface area contributed by atoms with Crippen molar-refractivity contribution in [2.45, 2.75) is 25.3 Å². The number of aliphatic imine (C=N–C) groups is 1. The van der Waals surface area contributed by atoms with Gasteiger partial charge in [-0.15, -0.1) is 0 Å². The minimum Gasteiger partial charge on any atom is -0.383 e. The lowest BCUT2D eigenvalue weighted by molar-refractivity contribution is -0.127. The predicted molar refractivity (Wildman–Crippen MR) is 102 cm³/mol. The van der Waals surface area contributed by atoms with Crippen molar-refractivity contribution in [3.05, 3.63) is 0 Å². The molecular weight excluding hydrogens is 334 g/mol. The Bertz CT molecular complexity index is 448. The van der Waals surface area contributed by atoms with E-state index in [-0.39, 0.29) is 18.5 Å². The van der Waals surface area contributed by atoms with Crippen LogP contribution in [0.5, 0.6) is 0 Å². The van der Waals surface area contributed by atoms with Gasteiger partial charge in [0.05, 0.1) is 25.9 Å². The van der Waals surface area contributed by atoms with Gasteiger partial charge in [-0.1, -0.05) is 0 Å². The summed E-state index contributed by atoms with van der Waals surface area (Å²) < 4.78 is 10.7. The largest absolute Gasteiger partial charge is 0.383 e. The van der Waals surface area contributed by atoms with Gasteiger partial charge in [-0.05, 0) is 31.7 Å². The molecule has 0 bridgehead atoms. The quantitative estimate of drug-likeness (QED) is 0.314. The van der Waals surface area contributed by atoms with Crippen LogP contribution >= 0.6 is 0 Å². The number of carbonyl (C=O) groups excluding carboxylic acids is 1. The molecule has 0 aromatic carbocycles. The lowest BCUT2D eigenvalue weighted by Crippen LogP contribution is -2.47. The Morgan fingerprint density at radius 2 is 2.08 bits per heavy atom. The number of hydrogen-bond acceptors (Lipinski definition) is 5. The summed E-state index contributed by atoms with van der Waals surface area (Å²) in [7, 11) is 5.22. The van der Waals surface area contributed by atoms with Crippen molar-refractivity contribution in [3.63, 3.8) is 0 Å². The molecule has 0 radical (unpaired) electrons. The number of ether oxygens (including phenoxy) is 2. The molecule has 1 atom stereocenters. The first-order valence-electron chi connectivity index (χ1n) is 9.64. The predicted octanol–water partition coefficient (Wildman–Crippen LogP) is -0.243. The van der Waals surface area contributed by atoms with Crippen molar-refractivity contribution in [1.82, 2.24) is 20.4 Å². The van der Waals surface area contributed by atoms with Crippen molar-refractivity contribution in [2.75, 3.05) is 73.7 Å². The molecule has 26 heavy (non-hydrogen) atoms. The number of hydrogen-bond donors (Lipinski definition) is 2. The van der Waals surface area contributed by atoms with E-state index in [1.807, 2.05) is 0 Å². The van der Waals surface area contributed by atoms with E-state index in [2.05, 4.69) is 20.5 Å². The molecule has 150 valence electrons. The zero-order chi connectivity index (χ0) is 18.8. The molecule has 2 N–H and O–H groups in total. The highest BCUT2D eigenvalue weighted by Gasteiger charge is 2.31. The first kappa shape index (κ1) is 20.9. The van der Waals surface area contributed by atoms with Gasteiger partial charge in [0.15, 0.2) is 5.96 Å². The lowest BCUT2D eigenvalue weighted by atomic mass is 10.2. The molecule has 1 heterocycles. The number of nitrogens with one attached hydrogen (secondary N) is 2. The first-order chi connectivity index (χ1) is 12.6. The number of amides is 1. The van der Waals surface area contributed by atoms with Gasteiger partial charge >= 0.3 is 0 Å². The molecule has 1 amide bonds. The number of morpholine rings is 1. The maximum absolute atomic E-state index is 11.9. The van der Waals surface area contributed by atoms with Gasteiger partial charge in [0.2, 0.25) is 5.91 Å². The van der Waals surface area contributed by atoms with Crippen molar-refractivity contribution in [3.8, 4) is 0 Å². The zero-order valence-electron chi connectivity index (χ0n) is 16.5. The summed E-state index contributed by atoms with van der Waals surface area (Å²) >= 11 is 0. The summed E-state index contributed by atoms with van der Waals surface area (Å²) in [6, 6.07) is 0.250. The van der Waals surface area contributed by atoms with Gasteiger partial charge < -0.3 is 25.0 Å². The molecule has 2 aliphatic rings. The van der Waals surface area contributed by atoms with E-state index in [0.717, 1.165) is 45.8 Å². The number of guanidine groups is 1. The van der Waals surface area contributed by atoms with E-state index < -0.39 is 0 Å². The highest BCUT2D eigenvalue weighted by molar-refractivity contribution is 5.85. The number of likely N-dealkylation sites (N-methyl/N-ethyl adjacent to an activating group) is 1. The second-order valence-electron chi connectivity index (χ2n) is 7.23. The average Bonchev–Trinajstić information content (AvgIpc) is 3.48.